The second-order valence-corrected chi connectivity index (χ2v) is 6.79. The summed E-state index contributed by atoms with van der Waals surface area (Å²) < 4.78 is 5.77. The molecule has 0 bridgehead atoms. The van der Waals surface area contributed by atoms with Crippen LogP contribution in [0.4, 0.5) is 0 Å². The molecule has 5 nitrogen and oxygen atoms in total. The van der Waals surface area contributed by atoms with Gasteiger partial charge in [0.1, 0.15) is 11.5 Å². The molecule has 0 spiro atoms. The van der Waals surface area contributed by atoms with Crippen LogP contribution in [0.25, 0.3) is 0 Å². The molecule has 24 heavy (non-hydrogen) atoms. The van der Waals surface area contributed by atoms with Gasteiger partial charge in [-0.15, -0.1) is 0 Å². The van der Waals surface area contributed by atoms with Crippen molar-refractivity contribution < 1.29 is 14.6 Å². The van der Waals surface area contributed by atoms with Crippen LogP contribution in [0.15, 0.2) is 28.7 Å². The number of aromatic hydroxyl groups is 1. The van der Waals surface area contributed by atoms with Crippen molar-refractivity contribution in [1.82, 2.24) is 9.88 Å². The summed E-state index contributed by atoms with van der Waals surface area (Å²) in [7, 11) is 0. The molecule has 0 atom stereocenters. The number of rotatable bonds is 5. The van der Waals surface area contributed by atoms with Crippen molar-refractivity contribution in [3.63, 3.8) is 0 Å². The minimum absolute atomic E-state index is 0.171. The summed E-state index contributed by atoms with van der Waals surface area (Å²) in [6, 6.07) is 7.77. The SMILES string of the molecule is Cc1nc(CN(Cc2cccc(O)c2)C2CCC(O)CC2)oc1C. The first kappa shape index (κ1) is 17.0. The van der Waals surface area contributed by atoms with E-state index in [-0.39, 0.29) is 11.9 Å². The number of hydrogen-bond acceptors (Lipinski definition) is 5. The van der Waals surface area contributed by atoms with E-state index in [4.69, 9.17) is 4.42 Å². The molecule has 1 aliphatic carbocycles. The van der Waals surface area contributed by atoms with Gasteiger partial charge in [0, 0.05) is 12.6 Å². The molecule has 2 aromatic rings. The maximum absolute atomic E-state index is 9.78. The largest absolute Gasteiger partial charge is 0.508 e. The highest BCUT2D eigenvalue weighted by Crippen LogP contribution is 2.27. The molecule has 3 rings (SSSR count). The summed E-state index contributed by atoms with van der Waals surface area (Å²) in [6.45, 7) is 5.27. The molecule has 1 aromatic carbocycles. The number of benzene rings is 1. The highest BCUT2D eigenvalue weighted by atomic mass is 16.4. The quantitative estimate of drug-likeness (QED) is 0.880. The Hall–Kier alpha value is -1.85. The van der Waals surface area contributed by atoms with Crippen LogP contribution >= 0.6 is 0 Å². The minimum Gasteiger partial charge on any atom is -0.508 e. The molecule has 2 N–H and O–H groups in total. The molecule has 1 aliphatic rings. The molecular weight excluding hydrogens is 304 g/mol. The molecule has 0 saturated heterocycles. The number of phenols is 1. The second-order valence-electron chi connectivity index (χ2n) is 6.79. The van der Waals surface area contributed by atoms with Gasteiger partial charge in [0.05, 0.1) is 18.3 Å². The lowest BCUT2D eigenvalue weighted by molar-refractivity contribution is 0.0623. The van der Waals surface area contributed by atoms with E-state index in [2.05, 4.69) is 9.88 Å². The third-order valence-electron chi connectivity index (χ3n) is 4.89. The number of aryl methyl sites for hydroxylation is 2. The molecule has 0 amide bonds. The Morgan fingerprint density at radius 3 is 2.54 bits per heavy atom. The molecule has 1 heterocycles. The van der Waals surface area contributed by atoms with E-state index in [1.807, 2.05) is 26.0 Å². The first-order valence-electron chi connectivity index (χ1n) is 8.64. The summed E-state index contributed by atoms with van der Waals surface area (Å²) in [5, 5.41) is 19.5. The van der Waals surface area contributed by atoms with E-state index in [0.717, 1.165) is 55.1 Å². The Bertz CT molecular complexity index is 656. The summed E-state index contributed by atoms with van der Waals surface area (Å²) in [6.07, 6.45) is 3.45. The zero-order chi connectivity index (χ0) is 17.1. The van der Waals surface area contributed by atoms with Gasteiger partial charge in [-0.2, -0.15) is 0 Å². The highest BCUT2D eigenvalue weighted by molar-refractivity contribution is 5.27. The van der Waals surface area contributed by atoms with Gasteiger partial charge in [-0.3, -0.25) is 4.90 Å². The summed E-state index contributed by atoms with van der Waals surface area (Å²) in [4.78, 5) is 6.86. The van der Waals surface area contributed by atoms with Crippen molar-refractivity contribution in [3.05, 3.63) is 47.2 Å². The van der Waals surface area contributed by atoms with E-state index >= 15 is 0 Å². The van der Waals surface area contributed by atoms with Gasteiger partial charge in [0.2, 0.25) is 5.89 Å². The first-order valence-corrected chi connectivity index (χ1v) is 8.64. The Morgan fingerprint density at radius 1 is 1.17 bits per heavy atom. The van der Waals surface area contributed by atoms with E-state index in [1.165, 1.54) is 0 Å². The lowest BCUT2D eigenvalue weighted by Crippen LogP contribution is -2.38. The topological polar surface area (TPSA) is 69.7 Å². The van der Waals surface area contributed by atoms with Crippen LogP contribution in [0, 0.1) is 13.8 Å². The van der Waals surface area contributed by atoms with Crippen molar-refractivity contribution in [2.24, 2.45) is 0 Å². The number of nitrogens with zero attached hydrogens (tertiary/aromatic N) is 2. The molecule has 1 fully saturated rings. The van der Waals surface area contributed by atoms with E-state index in [0.29, 0.717) is 12.6 Å². The molecule has 130 valence electrons. The van der Waals surface area contributed by atoms with Crippen molar-refractivity contribution in [3.8, 4) is 5.75 Å². The molecular formula is C19H26N2O3. The van der Waals surface area contributed by atoms with E-state index in [1.54, 1.807) is 12.1 Å². The molecule has 0 aliphatic heterocycles. The van der Waals surface area contributed by atoms with Gasteiger partial charge in [0.25, 0.3) is 0 Å². The Labute approximate surface area is 142 Å². The lowest BCUT2D eigenvalue weighted by Gasteiger charge is -2.35. The predicted octanol–water partition coefficient (Wildman–Crippen LogP) is 3.30. The lowest BCUT2D eigenvalue weighted by atomic mass is 9.91. The Morgan fingerprint density at radius 2 is 1.92 bits per heavy atom. The summed E-state index contributed by atoms with van der Waals surface area (Å²) in [5.41, 5.74) is 2.00. The average Bonchev–Trinajstić information content (AvgIpc) is 2.85. The number of phenolic OH excluding ortho intramolecular Hbond substituents is 1. The van der Waals surface area contributed by atoms with Gasteiger partial charge < -0.3 is 14.6 Å². The first-order chi connectivity index (χ1) is 11.5. The third kappa shape index (κ3) is 4.16. The molecule has 1 aromatic heterocycles. The van der Waals surface area contributed by atoms with Crippen LogP contribution < -0.4 is 0 Å². The fourth-order valence-electron chi connectivity index (χ4n) is 3.41. The van der Waals surface area contributed by atoms with E-state index in [9.17, 15) is 10.2 Å². The van der Waals surface area contributed by atoms with Crippen molar-refractivity contribution in [2.75, 3.05) is 0 Å². The van der Waals surface area contributed by atoms with Crippen molar-refractivity contribution in [2.45, 2.75) is 64.8 Å². The number of oxazole rings is 1. The zero-order valence-electron chi connectivity index (χ0n) is 14.4. The van der Waals surface area contributed by atoms with E-state index < -0.39 is 0 Å². The summed E-state index contributed by atoms with van der Waals surface area (Å²) in [5.74, 6) is 1.88. The van der Waals surface area contributed by atoms with Crippen LogP contribution in [-0.2, 0) is 13.1 Å². The highest BCUT2D eigenvalue weighted by Gasteiger charge is 2.26. The smallest absolute Gasteiger partial charge is 0.208 e. The Balaban J connectivity index is 1.77. The van der Waals surface area contributed by atoms with Gasteiger partial charge in [-0.05, 0) is 57.2 Å². The third-order valence-corrected chi connectivity index (χ3v) is 4.89. The fraction of sp³-hybridized carbons (Fsp3) is 0.526. The predicted molar refractivity (Wildman–Crippen MR) is 91.6 cm³/mol. The fourth-order valence-corrected chi connectivity index (χ4v) is 3.41. The van der Waals surface area contributed by atoms with Gasteiger partial charge in [0.15, 0.2) is 0 Å². The van der Waals surface area contributed by atoms with Crippen molar-refractivity contribution >= 4 is 0 Å². The number of aromatic nitrogens is 1. The van der Waals surface area contributed by atoms with Gasteiger partial charge >= 0.3 is 0 Å². The van der Waals surface area contributed by atoms with Crippen LogP contribution in [0.2, 0.25) is 0 Å². The standard InChI is InChI=1S/C19H26N2O3/c1-13-14(2)24-19(20-13)12-21(16-6-8-17(22)9-7-16)11-15-4-3-5-18(23)10-15/h3-5,10,16-17,22-23H,6-9,11-12H2,1-2H3. The molecule has 1 saturated carbocycles. The van der Waals surface area contributed by atoms with Gasteiger partial charge in [-0.25, -0.2) is 4.98 Å². The molecule has 0 unspecified atom stereocenters. The van der Waals surface area contributed by atoms with Crippen LogP contribution in [0.3, 0.4) is 0 Å². The van der Waals surface area contributed by atoms with Crippen LogP contribution in [0.5, 0.6) is 5.75 Å². The van der Waals surface area contributed by atoms with Crippen LogP contribution in [-0.4, -0.2) is 32.2 Å². The minimum atomic E-state index is -0.171. The maximum Gasteiger partial charge on any atom is 0.208 e. The average molecular weight is 330 g/mol. The monoisotopic (exact) mass is 330 g/mol. The number of aliphatic hydroxyl groups excluding tert-OH is 1. The zero-order valence-corrected chi connectivity index (χ0v) is 14.4. The number of aliphatic hydroxyl groups is 1. The Kier molecular flexibility index (Phi) is 5.21. The summed E-state index contributed by atoms with van der Waals surface area (Å²) >= 11 is 0. The molecule has 0 radical (unpaired) electrons. The maximum atomic E-state index is 9.78. The molecule has 5 heteroatoms. The van der Waals surface area contributed by atoms with Crippen LogP contribution in [0.1, 0.15) is 48.6 Å². The van der Waals surface area contributed by atoms with Gasteiger partial charge in [-0.1, -0.05) is 12.1 Å². The normalized spacial score (nSPS) is 21.3. The second kappa shape index (κ2) is 7.36. The number of hydrogen-bond donors (Lipinski definition) is 2. The van der Waals surface area contributed by atoms with Crippen molar-refractivity contribution in [1.29, 1.82) is 0 Å².